The Hall–Kier alpha value is -1.35. The molecule has 1 saturated heterocycles. The number of amides is 1. The van der Waals surface area contributed by atoms with E-state index in [0.29, 0.717) is 13.0 Å². The molecule has 1 aromatic rings. The van der Waals surface area contributed by atoms with Gasteiger partial charge in [-0.3, -0.25) is 9.59 Å². The Morgan fingerprint density at radius 1 is 1.33 bits per heavy atom. The van der Waals surface area contributed by atoms with Crippen molar-refractivity contribution in [1.29, 1.82) is 0 Å². The molecule has 1 heterocycles. The zero-order valence-electron chi connectivity index (χ0n) is 8.02. The van der Waals surface area contributed by atoms with Crippen molar-refractivity contribution in [3.05, 3.63) is 30.3 Å². The molecule has 1 aliphatic rings. The lowest BCUT2D eigenvalue weighted by molar-refractivity contribution is -0.126. The van der Waals surface area contributed by atoms with Gasteiger partial charge in [0.25, 0.3) is 0 Å². The van der Waals surface area contributed by atoms with Crippen LogP contribution in [0.5, 0.6) is 0 Å². The number of rotatable bonds is 2. The molecule has 15 heavy (non-hydrogen) atoms. The molecule has 1 atom stereocenters. The second kappa shape index (κ2) is 4.03. The Morgan fingerprint density at radius 2 is 2.00 bits per heavy atom. The largest absolute Gasteiger partial charge is 0.312 e. The van der Waals surface area contributed by atoms with E-state index in [9.17, 15) is 9.59 Å². The quantitative estimate of drug-likeness (QED) is 0.567. The number of hydrogen-bond donors (Lipinski definition) is 0. The summed E-state index contributed by atoms with van der Waals surface area (Å²) >= 11 is 5.35. The molecule has 2 rings (SSSR count). The molecular formula is C11H10ClNO2. The monoisotopic (exact) mass is 223 g/mol. The average Bonchev–Trinajstić information content (AvgIpc) is 2.61. The van der Waals surface area contributed by atoms with E-state index in [-0.39, 0.29) is 5.91 Å². The van der Waals surface area contributed by atoms with Crippen LogP contribution in [-0.4, -0.2) is 17.7 Å². The van der Waals surface area contributed by atoms with Gasteiger partial charge in [0.05, 0.1) is 0 Å². The van der Waals surface area contributed by atoms with Gasteiger partial charge >= 0.3 is 0 Å². The van der Waals surface area contributed by atoms with Gasteiger partial charge in [-0.2, -0.15) is 0 Å². The van der Waals surface area contributed by atoms with Crippen LogP contribution in [-0.2, 0) is 9.59 Å². The molecule has 0 aliphatic carbocycles. The Morgan fingerprint density at radius 3 is 2.53 bits per heavy atom. The van der Waals surface area contributed by atoms with Gasteiger partial charge in [0.15, 0.2) is 0 Å². The van der Waals surface area contributed by atoms with Gasteiger partial charge in [-0.1, -0.05) is 18.2 Å². The highest BCUT2D eigenvalue weighted by Gasteiger charge is 2.36. The molecule has 0 aromatic heterocycles. The average molecular weight is 224 g/mol. The Kier molecular flexibility index (Phi) is 2.73. The Labute approximate surface area is 92.6 Å². The third-order valence-electron chi connectivity index (χ3n) is 2.55. The minimum Gasteiger partial charge on any atom is -0.312 e. The van der Waals surface area contributed by atoms with Crippen molar-refractivity contribution >= 4 is 28.4 Å². The number of anilines is 1. The first-order valence-corrected chi connectivity index (χ1v) is 5.13. The summed E-state index contributed by atoms with van der Waals surface area (Å²) in [6, 6.07) is 9.29. The van der Waals surface area contributed by atoms with Crippen LogP contribution in [0.15, 0.2) is 30.3 Å². The van der Waals surface area contributed by atoms with Gasteiger partial charge in [0.2, 0.25) is 11.1 Å². The van der Waals surface area contributed by atoms with Crippen molar-refractivity contribution in [2.75, 3.05) is 11.4 Å². The van der Waals surface area contributed by atoms with Crippen LogP contribution in [0.1, 0.15) is 6.42 Å². The van der Waals surface area contributed by atoms with Crippen molar-refractivity contribution in [3.63, 3.8) is 0 Å². The fraction of sp³-hybridized carbons (Fsp3) is 0.273. The van der Waals surface area contributed by atoms with Crippen molar-refractivity contribution < 1.29 is 9.59 Å². The zero-order valence-corrected chi connectivity index (χ0v) is 8.78. The van der Waals surface area contributed by atoms with E-state index in [1.54, 1.807) is 4.90 Å². The van der Waals surface area contributed by atoms with Gasteiger partial charge in [-0.15, -0.1) is 0 Å². The molecule has 0 bridgehead atoms. The summed E-state index contributed by atoms with van der Waals surface area (Å²) < 4.78 is 0. The molecule has 1 fully saturated rings. The molecule has 0 N–H and O–H groups in total. The second-order valence-corrected chi connectivity index (χ2v) is 3.84. The number of halogens is 1. The summed E-state index contributed by atoms with van der Waals surface area (Å²) in [6.45, 7) is 0.561. The Bertz CT molecular complexity index is 391. The summed E-state index contributed by atoms with van der Waals surface area (Å²) in [4.78, 5) is 24.3. The highest BCUT2D eigenvalue weighted by Crippen LogP contribution is 2.26. The predicted molar refractivity (Wildman–Crippen MR) is 57.8 cm³/mol. The van der Waals surface area contributed by atoms with Crippen LogP contribution in [0.4, 0.5) is 5.69 Å². The SMILES string of the molecule is O=C(Cl)C1CCN(c2ccccc2)C1=O. The maximum atomic E-state index is 11.8. The van der Waals surface area contributed by atoms with Crippen molar-refractivity contribution in [1.82, 2.24) is 0 Å². The third-order valence-corrected chi connectivity index (χ3v) is 2.81. The molecule has 4 heteroatoms. The summed E-state index contributed by atoms with van der Waals surface area (Å²) in [5.74, 6) is -0.854. The van der Waals surface area contributed by atoms with Crippen LogP contribution in [0.25, 0.3) is 0 Å². The first kappa shape index (κ1) is 10.2. The van der Waals surface area contributed by atoms with E-state index in [4.69, 9.17) is 11.6 Å². The van der Waals surface area contributed by atoms with Crippen LogP contribution in [0.2, 0.25) is 0 Å². The number of carbonyl (C=O) groups excluding carboxylic acids is 2. The summed E-state index contributed by atoms with van der Waals surface area (Å²) in [7, 11) is 0. The number of nitrogens with zero attached hydrogens (tertiary/aromatic N) is 1. The molecule has 0 radical (unpaired) electrons. The number of para-hydroxylation sites is 1. The number of carbonyl (C=O) groups is 2. The lowest BCUT2D eigenvalue weighted by Gasteiger charge is -2.15. The molecule has 0 spiro atoms. The number of hydrogen-bond acceptors (Lipinski definition) is 2. The van der Waals surface area contributed by atoms with E-state index in [0.717, 1.165) is 5.69 Å². The standard InChI is InChI=1S/C11H10ClNO2/c12-10(14)9-6-7-13(11(9)15)8-4-2-1-3-5-8/h1-5,9H,6-7H2. The third kappa shape index (κ3) is 1.88. The highest BCUT2D eigenvalue weighted by atomic mass is 35.5. The lowest BCUT2D eigenvalue weighted by Crippen LogP contribution is -2.28. The van der Waals surface area contributed by atoms with E-state index in [2.05, 4.69) is 0 Å². The topological polar surface area (TPSA) is 37.4 Å². The minimum absolute atomic E-state index is 0.193. The summed E-state index contributed by atoms with van der Waals surface area (Å²) in [5.41, 5.74) is 0.822. The normalized spacial score (nSPS) is 20.7. The van der Waals surface area contributed by atoms with Gasteiger partial charge in [-0.25, -0.2) is 0 Å². The summed E-state index contributed by atoms with van der Waals surface area (Å²) in [5, 5.41) is -0.557. The van der Waals surface area contributed by atoms with Gasteiger partial charge in [0.1, 0.15) is 5.92 Å². The molecule has 78 valence electrons. The van der Waals surface area contributed by atoms with E-state index >= 15 is 0 Å². The second-order valence-electron chi connectivity index (χ2n) is 3.47. The van der Waals surface area contributed by atoms with Crippen molar-refractivity contribution in [2.45, 2.75) is 6.42 Å². The van der Waals surface area contributed by atoms with E-state index in [1.807, 2.05) is 30.3 Å². The predicted octanol–water partition coefficient (Wildman–Crippen LogP) is 1.80. The first-order valence-electron chi connectivity index (χ1n) is 4.76. The first-order chi connectivity index (χ1) is 7.20. The lowest BCUT2D eigenvalue weighted by atomic mass is 10.1. The Balaban J connectivity index is 2.21. The zero-order chi connectivity index (χ0) is 10.8. The molecule has 1 aliphatic heterocycles. The van der Waals surface area contributed by atoms with Crippen LogP contribution >= 0.6 is 11.6 Å². The van der Waals surface area contributed by atoms with Gasteiger partial charge in [0, 0.05) is 12.2 Å². The van der Waals surface area contributed by atoms with Crippen LogP contribution in [0.3, 0.4) is 0 Å². The number of benzene rings is 1. The van der Waals surface area contributed by atoms with Gasteiger partial charge in [-0.05, 0) is 30.2 Å². The molecule has 1 amide bonds. The smallest absolute Gasteiger partial charge is 0.238 e. The molecule has 1 aromatic carbocycles. The van der Waals surface area contributed by atoms with Crippen molar-refractivity contribution in [3.8, 4) is 0 Å². The molecule has 1 unspecified atom stereocenters. The van der Waals surface area contributed by atoms with Crippen molar-refractivity contribution in [2.24, 2.45) is 5.92 Å². The highest BCUT2D eigenvalue weighted by molar-refractivity contribution is 6.65. The molecule has 3 nitrogen and oxygen atoms in total. The van der Waals surface area contributed by atoms with E-state index in [1.165, 1.54) is 0 Å². The maximum absolute atomic E-state index is 11.8. The van der Waals surface area contributed by atoms with Crippen LogP contribution in [0, 0.1) is 5.92 Å². The maximum Gasteiger partial charge on any atom is 0.238 e. The fourth-order valence-corrected chi connectivity index (χ4v) is 1.96. The molecule has 0 saturated carbocycles. The summed E-state index contributed by atoms with van der Waals surface area (Å²) in [6.07, 6.45) is 0.510. The molecular weight excluding hydrogens is 214 g/mol. The van der Waals surface area contributed by atoms with Gasteiger partial charge < -0.3 is 4.90 Å². The fourth-order valence-electron chi connectivity index (χ4n) is 1.75. The van der Waals surface area contributed by atoms with E-state index < -0.39 is 11.2 Å². The van der Waals surface area contributed by atoms with Crippen LogP contribution < -0.4 is 4.90 Å². The minimum atomic E-state index is -0.660.